The molecule has 2 aromatic carbocycles. The third kappa shape index (κ3) is 5.83. The van der Waals surface area contributed by atoms with Crippen molar-refractivity contribution in [2.45, 2.75) is 17.2 Å². The number of halogens is 1. The summed E-state index contributed by atoms with van der Waals surface area (Å²) in [4.78, 5) is 1.30. The molecule has 0 bridgehead atoms. The maximum Gasteiger partial charge on any atom is 0.0587 e. The molecule has 0 aromatic heterocycles. The second-order valence-corrected chi connectivity index (χ2v) is 6.60. The van der Waals surface area contributed by atoms with Gasteiger partial charge in [-0.2, -0.15) is 0 Å². The van der Waals surface area contributed by atoms with Crippen LogP contribution in [0.3, 0.4) is 0 Å². The van der Waals surface area contributed by atoms with Crippen LogP contribution in [0.5, 0.6) is 0 Å². The Labute approximate surface area is 139 Å². The highest BCUT2D eigenvalue weighted by Crippen LogP contribution is 2.26. The minimum absolute atomic E-state index is 0.750. The molecule has 0 fully saturated rings. The van der Waals surface area contributed by atoms with E-state index in [9.17, 15) is 0 Å². The molecule has 0 unspecified atom stereocenters. The first-order valence-corrected chi connectivity index (χ1v) is 8.72. The largest absolute Gasteiger partial charge is 0.383 e. The minimum Gasteiger partial charge on any atom is -0.383 e. The summed E-state index contributed by atoms with van der Waals surface area (Å²) in [5.41, 5.74) is 2.63. The smallest absolute Gasteiger partial charge is 0.0587 e. The van der Waals surface area contributed by atoms with E-state index in [2.05, 4.69) is 63.7 Å². The van der Waals surface area contributed by atoms with Crippen molar-refractivity contribution in [3.05, 3.63) is 64.1 Å². The molecular formula is C17H20BrNOS. The standard InChI is InChI=1S/C17H20BrNOS/c1-20-11-10-19-12-14-6-8-16(9-7-14)21-13-15-4-2-3-5-17(15)18/h2-9,19H,10-13H2,1H3. The number of methoxy groups -OCH3 is 1. The van der Waals surface area contributed by atoms with Crippen molar-refractivity contribution in [3.63, 3.8) is 0 Å². The van der Waals surface area contributed by atoms with Gasteiger partial charge in [-0.3, -0.25) is 0 Å². The fraction of sp³-hybridized carbons (Fsp3) is 0.294. The van der Waals surface area contributed by atoms with Crippen molar-refractivity contribution in [1.29, 1.82) is 0 Å². The Morgan fingerprint density at radius 1 is 1.10 bits per heavy atom. The van der Waals surface area contributed by atoms with Gasteiger partial charge in [-0.15, -0.1) is 11.8 Å². The molecule has 0 radical (unpaired) electrons. The Hall–Kier alpha value is -0.810. The molecule has 0 saturated heterocycles. The normalized spacial score (nSPS) is 10.8. The predicted molar refractivity (Wildman–Crippen MR) is 93.7 cm³/mol. The lowest BCUT2D eigenvalue weighted by atomic mass is 10.2. The zero-order chi connectivity index (χ0) is 14.9. The number of benzene rings is 2. The van der Waals surface area contributed by atoms with Gasteiger partial charge in [0, 0.05) is 35.3 Å². The zero-order valence-electron chi connectivity index (χ0n) is 12.1. The number of hydrogen-bond acceptors (Lipinski definition) is 3. The molecule has 0 aliphatic heterocycles. The lowest BCUT2D eigenvalue weighted by molar-refractivity contribution is 0.199. The molecule has 1 N–H and O–H groups in total. The van der Waals surface area contributed by atoms with Crippen LogP contribution in [0.15, 0.2) is 57.9 Å². The van der Waals surface area contributed by atoms with Gasteiger partial charge in [-0.25, -0.2) is 0 Å². The predicted octanol–water partition coefficient (Wildman–Crippen LogP) is 4.48. The van der Waals surface area contributed by atoms with Crippen LogP contribution in [0.1, 0.15) is 11.1 Å². The third-order valence-electron chi connectivity index (χ3n) is 3.09. The minimum atomic E-state index is 0.750. The summed E-state index contributed by atoms with van der Waals surface area (Å²) in [5, 5.41) is 3.35. The molecule has 2 rings (SSSR count). The van der Waals surface area contributed by atoms with E-state index in [1.807, 2.05) is 17.8 Å². The topological polar surface area (TPSA) is 21.3 Å². The van der Waals surface area contributed by atoms with Crippen molar-refractivity contribution in [2.24, 2.45) is 0 Å². The van der Waals surface area contributed by atoms with Crippen LogP contribution in [-0.2, 0) is 17.0 Å². The Morgan fingerprint density at radius 2 is 1.86 bits per heavy atom. The molecule has 0 saturated carbocycles. The fourth-order valence-electron chi connectivity index (χ4n) is 1.89. The Kier molecular flexibility index (Phi) is 7.30. The van der Waals surface area contributed by atoms with Crippen molar-refractivity contribution < 1.29 is 4.74 Å². The monoisotopic (exact) mass is 365 g/mol. The number of hydrogen-bond donors (Lipinski definition) is 1. The molecule has 0 aliphatic carbocycles. The maximum absolute atomic E-state index is 5.01. The number of nitrogens with one attached hydrogen (secondary N) is 1. The number of rotatable bonds is 8. The van der Waals surface area contributed by atoms with Gasteiger partial charge >= 0.3 is 0 Å². The quantitative estimate of drug-likeness (QED) is 0.550. The first-order chi connectivity index (χ1) is 10.3. The average molecular weight is 366 g/mol. The van der Waals surface area contributed by atoms with E-state index in [1.165, 1.54) is 20.5 Å². The van der Waals surface area contributed by atoms with Crippen LogP contribution >= 0.6 is 27.7 Å². The highest BCUT2D eigenvalue weighted by molar-refractivity contribution is 9.10. The molecule has 112 valence electrons. The maximum atomic E-state index is 5.01. The van der Waals surface area contributed by atoms with Crippen LogP contribution in [0.4, 0.5) is 0 Å². The van der Waals surface area contributed by atoms with E-state index in [4.69, 9.17) is 4.74 Å². The third-order valence-corrected chi connectivity index (χ3v) is 4.92. The van der Waals surface area contributed by atoms with Crippen LogP contribution < -0.4 is 5.32 Å². The summed E-state index contributed by atoms with van der Waals surface area (Å²) < 4.78 is 6.19. The van der Waals surface area contributed by atoms with Crippen molar-refractivity contribution in [1.82, 2.24) is 5.32 Å². The summed E-state index contributed by atoms with van der Waals surface area (Å²) in [7, 11) is 1.72. The highest BCUT2D eigenvalue weighted by atomic mass is 79.9. The van der Waals surface area contributed by atoms with E-state index in [1.54, 1.807) is 7.11 Å². The SMILES string of the molecule is COCCNCc1ccc(SCc2ccccc2Br)cc1. The van der Waals surface area contributed by atoms with E-state index >= 15 is 0 Å². The van der Waals surface area contributed by atoms with E-state index in [-0.39, 0.29) is 0 Å². The summed E-state index contributed by atoms with van der Waals surface area (Å²) in [6.07, 6.45) is 0. The zero-order valence-corrected chi connectivity index (χ0v) is 14.5. The Bertz CT molecular complexity index is 545. The van der Waals surface area contributed by atoms with Crippen LogP contribution in [0, 0.1) is 0 Å². The van der Waals surface area contributed by atoms with Crippen molar-refractivity contribution in [3.8, 4) is 0 Å². The highest BCUT2D eigenvalue weighted by Gasteiger charge is 2.00. The second-order valence-electron chi connectivity index (χ2n) is 4.69. The van der Waals surface area contributed by atoms with Crippen LogP contribution in [0.2, 0.25) is 0 Å². The van der Waals surface area contributed by atoms with Gasteiger partial charge in [-0.1, -0.05) is 46.3 Å². The lowest BCUT2D eigenvalue weighted by Crippen LogP contribution is -2.18. The molecule has 0 aliphatic rings. The molecule has 4 heteroatoms. The average Bonchev–Trinajstić information content (AvgIpc) is 2.52. The second kappa shape index (κ2) is 9.26. The molecule has 0 atom stereocenters. The van der Waals surface area contributed by atoms with Crippen LogP contribution in [0.25, 0.3) is 0 Å². The Balaban J connectivity index is 1.81. The molecule has 0 amide bonds. The Morgan fingerprint density at radius 3 is 2.57 bits per heavy atom. The van der Waals surface area contributed by atoms with Crippen molar-refractivity contribution >= 4 is 27.7 Å². The molecule has 2 aromatic rings. The lowest BCUT2D eigenvalue weighted by Gasteiger charge is -2.07. The van der Waals surface area contributed by atoms with Gasteiger partial charge in [0.25, 0.3) is 0 Å². The van der Waals surface area contributed by atoms with Gasteiger partial charge in [0.05, 0.1) is 6.61 Å². The first-order valence-electron chi connectivity index (χ1n) is 6.94. The van der Waals surface area contributed by atoms with Crippen molar-refractivity contribution in [2.75, 3.05) is 20.3 Å². The van der Waals surface area contributed by atoms with Gasteiger partial charge in [0.2, 0.25) is 0 Å². The summed E-state index contributed by atoms with van der Waals surface area (Å²) >= 11 is 5.45. The van der Waals surface area contributed by atoms with Crippen LogP contribution in [-0.4, -0.2) is 20.3 Å². The van der Waals surface area contributed by atoms with E-state index in [0.717, 1.165) is 25.4 Å². The van der Waals surface area contributed by atoms with E-state index in [0.29, 0.717) is 0 Å². The fourth-order valence-corrected chi connectivity index (χ4v) is 3.40. The first kappa shape index (κ1) is 16.6. The van der Waals surface area contributed by atoms with Gasteiger partial charge < -0.3 is 10.1 Å². The molecule has 0 spiro atoms. The molecular weight excluding hydrogens is 346 g/mol. The van der Waals surface area contributed by atoms with Gasteiger partial charge in [0.15, 0.2) is 0 Å². The van der Waals surface area contributed by atoms with Gasteiger partial charge in [-0.05, 0) is 29.3 Å². The van der Waals surface area contributed by atoms with Gasteiger partial charge in [0.1, 0.15) is 0 Å². The van der Waals surface area contributed by atoms with E-state index < -0.39 is 0 Å². The number of thioether (sulfide) groups is 1. The molecule has 2 nitrogen and oxygen atoms in total. The molecule has 21 heavy (non-hydrogen) atoms. The summed E-state index contributed by atoms with van der Waals surface area (Å²) in [6, 6.07) is 17.1. The summed E-state index contributed by atoms with van der Waals surface area (Å²) in [5.74, 6) is 0.979. The summed E-state index contributed by atoms with van der Waals surface area (Å²) in [6.45, 7) is 2.52. The number of ether oxygens (including phenoxy) is 1. The molecule has 0 heterocycles.